The maximum absolute atomic E-state index is 12.3. The molecule has 0 fully saturated rings. The summed E-state index contributed by atoms with van der Waals surface area (Å²) in [4.78, 5) is 13.9. The van der Waals surface area contributed by atoms with E-state index in [-0.39, 0.29) is 18.1 Å². The maximum Gasteiger partial charge on any atom is 0.256 e. The standard InChI is InChI=1S/C15H21NO2/c1-5-11-18-15(12(2)3)16(4)14(17)13-9-7-6-8-10-13/h5-12,15H,1-4H3/b11-5-. The summed E-state index contributed by atoms with van der Waals surface area (Å²) in [6.07, 6.45) is 3.18. The minimum Gasteiger partial charge on any atom is -0.478 e. The fourth-order valence-corrected chi connectivity index (χ4v) is 1.75. The molecule has 3 heteroatoms. The highest BCUT2D eigenvalue weighted by atomic mass is 16.5. The van der Waals surface area contributed by atoms with Gasteiger partial charge in [0, 0.05) is 18.5 Å². The molecule has 1 amide bonds. The van der Waals surface area contributed by atoms with Crippen LogP contribution in [0.15, 0.2) is 42.7 Å². The quantitative estimate of drug-likeness (QED) is 0.590. The molecule has 0 radical (unpaired) electrons. The zero-order chi connectivity index (χ0) is 13.5. The van der Waals surface area contributed by atoms with Gasteiger partial charge in [-0.3, -0.25) is 4.79 Å². The van der Waals surface area contributed by atoms with Crippen LogP contribution in [0.4, 0.5) is 0 Å². The van der Waals surface area contributed by atoms with Gasteiger partial charge in [-0.05, 0) is 19.1 Å². The molecule has 0 aromatic heterocycles. The lowest BCUT2D eigenvalue weighted by molar-refractivity contribution is -0.0154. The van der Waals surface area contributed by atoms with Crippen LogP contribution in [0.1, 0.15) is 31.1 Å². The van der Waals surface area contributed by atoms with E-state index in [1.54, 1.807) is 18.2 Å². The van der Waals surface area contributed by atoms with Gasteiger partial charge >= 0.3 is 0 Å². The summed E-state index contributed by atoms with van der Waals surface area (Å²) in [5, 5.41) is 0. The topological polar surface area (TPSA) is 29.5 Å². The summed E-state index contributed by atoms with van der Waals surface area (Å²) in [5.41, 5.74) is 0.676. The number of hydrogen-bond acceptors (Lipinski definition) is 2. The van der Waals surface area contributed by atoms with Gasteiger partial charge in [0.05, 0.1) is 6.26 Å². The lowest BCUT2D eigenvalue weighted by Crippen LogP contribution is -2.41. The summed E-state index contributed by atoms with van der Waals surface area (Å²) in [5.74, 6) is 0.192. The highest BCUT2D eigenvalue weighted by molar-refractivity contribution is 5.94. The van der Waals surface area contributed by atoms with Crippen molar-refractivity contribution in [2.75, 3.05) is 7.05 Å². The first kappa shape index (κ1) is 14.3. The van der Waals surface area contributed by atoms with Gasteiger partial charge in [0.15, 0.2) is 6.23 Å². The molecule has 0 aliphatic heterocycles. The number of allylic oxidation sites excluding steroid dienone is 1. The molecule has 1 atom stereocenters. The summed E-state index contributed by atoms with van der Waals surface area (Å²) in [7, 11) is 1.77. The minimum absolute atomic E-state index is 0.0289. The molecule has 3 nitrogen and oxygen atoms in total. The van der Waals surface area contributed by atoms with Crippen LogP contribution in [0, 0.1) is 5.92 Å². The fraction of sp³-hybridized carbons (Fsp3) is 0.400. The number of benzene rings is 1. The van der Waals surface area contributed by atoms with E-state index >= 15 is 0 Å². The van der Waals surface area contributed by atoms with Crippen molar-refractivity contribution in [1.82, 2.24) is 4.90 Å². The second kappa shape index (κ2) is 6.84. The molecule has 1 rings (SSSR count). The monoisotopic (exact) mass is 247 g/mol. The predicted octanol–water partition coefficient (Wildman–Crippen LogP) is 3.29. The first-order valence-electron chi connectivity index (χ1n) is 6.16. The third-order valence-electron chi connectivity index (χ3n) is 2.65. The summed E-state index contributed by atoms with van der Waals surface area (Å²) < 4.78 is 5.58. The largest absolute Gasteiger partial charge is 0.478 e. The minimum atomic E-state index is -0.256. The molecular weight excluding hydrogens is 226 g/mol. The molecule has 0 aliphatic carbocycles. The van der Waals surface area contributed by atoms with E-state index in [4.69, 9.17) is 4.74 Å². The highest BCUT2D eigenvalue weighted by Crippen LogP contribution is 2.14. The van der Waals surface area contributed by atoms with Crippen LogP contribution in [0.2, 0.25) is 0 Å². The number of carbonyl (C=O) groups excluding carboxylic acids is 1. The smallest absolute Gasteiger partial charge is 0.256 e. The lowest BCUT2D eigenvalue weighted by atomic mass is 10.1. The first-order chi connectivity index (χ1) is 8.57. The zero-order valence-corrected chi connectivity index (χ0v) is 11.5. The Bertz CT molecular complexity index is 398. The molecule has 98 valence electrons. The van der Waals surface area contributed by atoms with Crippen LogP contribution < -0.4 is 0 Å². The molecule has 0 spiro atoms. The van der Waals surface area contributed by atoms with Crippen molar-refractivity contribution in [3.05, 3.63) is 48.2 Å². The van der Waals surface area contributed by atoms with E-state index in [0.29, 0.717) is 5.56 Å². The number of hydrogen-bond donors (Lipinski definition) is 0. The fourth-order valence-electron chi connectivity index (χ4n) is 1.75. The van der Waals surface area contributed by atoms with E-state index in [2.05, 4.69) is 0 Å². The molecule has 0 saturated heterocycles. The van der Waals surface area contributed by atoms with Gasteiger partial charge in [-0.1, -0.05) is 38.1 Å². The SMILES string of the molecule is C/C=C\OC(C(C)C)N(C)C(=O)c1ccccc1. The number of ether oxygens (including phenoxy) is 1. The number of carbonyl (C=O) groups is 1. The Hall–Kier alpha value is -1.77. The second-order valence-corrected chi connectivity index (χ2v) is 4.52. The van der Waals surface area contributed by atoms with E-state index in [0.717, 1.165) is 0 Å². The lowest BCUT2D eigenvalue weighted by Gasteiger charge is -2.30. The Morgan fingerprint density at radius 1 is 1.28 bits per heavy atom. The highest BCUT2D eigenvalue weighted by Gasteiger charge is 2.24. The van der Waals surface area contributed by atoms with Crippen molar-refractivity contribution >= 4 is 5.91 Å². The first-order valence-corrected chi connectivity index (χ1v) is 6.16. The zero-order valence-electron chi connectivity index (χ0n) is 11.5. The Morgan fingerprint density at radius 2 is 1.89 bits per heavy atom. The molecule has 1 unspecified atom stereocenters. The van der Waals surface area contributed by atoms with Gasteiger partial charge in [0.2, 0.25) is 0 Å². The van der Waals surface area contributed by atoms with Crippen molar-refractivity contribution < 1.29 is 9.53 Å². The summed E-state index contributed by atoms with van der Waals surface area (Å²) in [6, 6.07) is 9.24. The average Bonchev–Trinajstić information content (AvgIpc) is 2.38. The predicted molar refractivity (Wildman–Crippen MR) is 73.1 cm³/mol. The van der Waals surface area contributed by atoms with Crippen LogP contribution in [-0.2, 0) is 4.74 Å². The molecule has 1 aromatic carbocycles. The maximum atomic E-state index is 12.3. The molecule has 0 saturated carbocycles. The van der Waals surface area contributed by atoms with E-state index < -0.39 is 0 Å². The molecular formula is C15H21NO2. The summed E-state index contributed by atoms with van der Waals surface area (Å²) in [6.45, 7) is 5.95. The second-order valence-electron chi connectivity index (χ2n) is 4.52. The molecule has 0 aliphatic rings. The van der Waals surface area contributed by atoms with Crippen LogP contribution >= 0.6 is 0 Å². The molecule has 0 heterocycles. The normalized spacial score (nSPS) is 12.7. The number of rotatable bonds is 5. The van der Waals surface area contributed by atoms with Gasteiger partial charge in [-0.2, -0.15) is 0 Å². The van der Waals surface area contributed by atoms with Gasteiger partial charge in [0.25, 0.3) is 5.91 Å². The van der Waals surface area contributed by atoms with Crippen molar-refractivity contribution in [2.24, 2.45) is 5.92 Å². The average molecular weight is 247 g/mol. The molecule has 0 N–H and O–H groups in total. The van der Waals surface area contributed by atoms with Gasteiger partial charge in [-0.15, -0.1) is 0 Å². The Kier molecular flexibility index (Phi) is 5.43. The van der Waals surface area contributed by atoms with Crippen molar-refractivity contribution in [3.8, 4) is 0 Å². The summed E-state index contributed by atoms with van der Waals surface area (Å²) >= 11 is 0. The van der Waals surface area contributed by atoms with Crippen LogP contribution in [-0.4, -0.2) is 24.1 Å². The van der Waals surface area contributed by atoms with Gasteiger partial charge in [-0.25, -0.2) is 0 Å². The van der Waals surface area contributed by atoms with Crippen LogP contribution in [0.5, 0.6) is 0 Å². The van der Waals surface area contributed by atoms with Crippen LogP contribution in [0.25, 0.3) is 0 Å². The van der Waals surface area contributed by atoms with Crippen molar-refractivity contribution in [2.45, 2.75) is 27.0 Å². The van der Waals surface area contributed by atoms with E-state index in [9.17, 15) is 4.79 Å². The van der Waals surface area contributed by atoms with Gasteiger partial charge in [0.1, 0.15) is 0 Å². The third-order valence-corrected chi connectivity index (χ3v) is 2.65. The molecule has 0 bridgehead atoms. The van der Waals surface area contributed by atoms with Crippen molar-refractivity contribution in [1.29, 1.82) is 0 Å². The van der Waals surface area contributed by atoms with E-state index in [1.165, 1.54) is 0 Å². The van der Waals surface area contributed by atoms with E-state index in [1.807, 2.05) is 57.2 Å². The molecule has 1 aromatic rings. The van der Waals surface area contributed by atoms with Crippen molar-refractivity contribution in [3.63, 3.8) is 0 Å². The Balaban J connectivity index is 2.83. The Morgan fingerprint density at radius 3 is 2.39 bits per heavy atom. The third kappa shape index (κ3) is 3.62. The molecule has 18 heavy (non-hydrogen) atoms. The number of amides is 1. The van der Waals surface area contributed by atoms with Gasteiger partial charge < -0.3 is 9.64 Å². The Labute approximate surface area is 109 Å². The van der Waals surface area contributed by atoms with Crippen LogP contribution in [0.3, 0.4) is 0 Å². The number of nitrogens with zero attached hydrogens (tertiary/aromatic N) is 1.